The van der Waals surface area contributed by atoms with Crippen LogP contribution in [0.5, 0.6) is 5.75 Å². The van der Waals surface area contributed by atoms with Gasteiger partial charge in [-0.2, -0.15) is 8.78 Å². The molecule has 0 radical (unpaired) electrons. The first kappa shape index (κ1) is 14.9. The van der Waals surface area contributed by atoms with Crippen LogP contribution in [0.2, 0.25) is 5.02 Å². The first-order chi connectivity index (χ1) is 9.68. The van der Waals surface area contributed by atoms with Crippen molar-refractivity contribution in [3.63, 3.8) is 0 Å². The lowest BCUT2D eigenvalue weighted by Gasteiger charge is -2.17. The number of ether oxygens (including phenoxy) is 1. The van der Waals surface area contributed by atoms with Crippen LogP contribution in [0, 0.1) is 5.41 Å². The fourth-order valence-corrected chi connectivity index (χ4v) is 3.11. The van der Waals surface area contributed by atoms with E-state index in [1.54, 1.807) is 13.8 Å². The molecular weight excluding hydrogens is 324 g/mol. The molecule has 0 atom stereocenters. The Morgan fingerprint density at radius 3 is 2.76 bits per heavy atom. The first-order valence-electron chi connectivity index (χ1n) is 6.21. The molecule has 114 valence electrons. The van der Waals surface area contributed by atoms with Crippen molar-refractivity contribution < 1.29 is 23.1 Å². The molecule has 1 saturated heterocycles. The number of hydrogen-bond donors (Lipinski definition) is 0. The molecule has 0 N–H and O–H groups in total. The number of rotatable bonds is 2. The topological polar surface area (TPSA) is 38.8 Å². The van der Waals surface area contributed by atoms with E-state index in [1.807, 2.05) is 0 Å². The molecule has 1 fully saturated rings. The Balaban J connectivity index is 1.84. The summed E-state index contributed by atoms with van der Waals surface area (Å²) in [6.45, 7) is 3.96. The van der Waals surface area contributed by atoms with Crippen LogP contribution >= 0.6 is 23.4 Å². The number of thioether (sulfide) groups is 1. The number of alkyl halides is 2. The van der Waals surface area contributed by atoms with Gasteiger partial charge in [-0.25, -0.2) is 5.06 Å². The predicted octanol–water partition coefficient (Wildman–Crippen LogP) is 3.67. The molecule has 3 rings (SSSR count). The van der Waals surface area contributed by atoms with Gasteiger partial charge in [-0.3, -0.25) is 9.63 Å². The minimum absolute atomic E-state index is 0.0488. The van der Waals surface area contributed by atoms with Crippen LogP contribution in [0.4, 0.5) is 8.78 Å². The number of carbonyl (C=O) groups excluding carboxylic acids is 1. The average molecular weight is 336 g/mol. The number of fused-ring (bicyclic) bond motifs is 1. The van der Waals surface area contributed by atoms with E-state index in [-0.39, 0.29) is 29.8 Å². The van der Waals surface area contributed by atoms with Gasteiger partial charge in [0.05, 0.1) is 23.5 Å². The van der Waals surface area contributed by atoms with E-state index in [0.29, 0.717) is 22.2 Å². The molecule has 2 aliphatic rings. The molecule has 1 aromatic carbocycles. The second-order valence-electron chi connectivity index (χ2n) is 5.56. The van der Waals surface area contributed by atoms with E-state index >= 15 is 0 Å². The van der Waals surface area contributed by atoms with E-state index < -0.39 is 10.9 Å². The Morgan fingerprint density at radius 2 is 2.14 bits per heavy atom. The third-order valence-electron chi connectivity index (χ3n) is 3.27. The molecule has 0 aromatic heterocycles. The van der Waals surface area contributed by atoms with Crippen LogP contribution < -0.4 is 4.74 Å². The highest BCUT2D eigenvalue weighted by molar-refractivity contribution is 8.00. The standard InChI is InChI=1S/C13H12ClF2NO3S/c1-12(2)6-19-17(11(12)18)5-7-3-10-9(4-8(7)14)20-13(15,16)21-10/h3-4H,5-6H2,1-2H3. The van der Waals surface area contributed by atoms with Crippen LogP contribution in [0.1, 0.15) is 19.4 Å². The van der Waals surface area contributed by atoms with Gasteiger partial charge in [0.1, 0.15) is 5.75 Å². The maximum atomic E-state index is 13.2. The zero-order valence-corrected chi connectivity index (χ0v) is 12.9. The number of benzene rings is 1. The van der Waals surface area contributed by atoms with Crippen LogP contribution in [0.3, 0.4) is 0 Å². The Hall–Kier alpha value is -1.05. The largest absolute Gasteiger partial charge is 0.457 e. The van der Waals surface area contributed by atoms with Crippen molar-refractivity contribution in [3.8, 4) is 5.75 Å². The minimum Gasteiger partial charge on any atom is -0.423 e. The lowest BCUT2D eigenvalue weighted by Crippen LogP contribution is -2.30. The first-order valence-corrected chi connectivity index (χ1v) is 7.40. The van der Waals surface area contributed by atoms with Gasteiger partial charge in [-0.1, -0.05) is 11.6 Å². The lowest BCUT2D eigenvalue weighted by atomic mass is 9.95. The Bertz CT molecular complexity index is 624. The number of halogens is 3. The van der Waals surface area contributed by atoms with E-state index in [4.69, 9.17) is 16.4 Å². The van der Waals surface area contributed by atoms with Gasteiger partial charge >= 0.3 is 5.44 Å². The van der Waals surface area contributed by atoms with Crippen molar-refractivity contribution in [2.45, 2.75) is 30.7 Å². The van der Waals surface area contributed by atoms with Gasteiger partial charge in [-0.05, 0) is 37.2 Å². The number of carbonyl (C=O) groups is 1. The highest BCUT2D eigenvalue weighted by Gasteiger charge is 2.43. The van der Waals surface area contributed by atoms with Crippen LogP contribution in [0.15, 0.2) is 17.0 Å². The molecule has 1 aromatic rings. The number of hydroxylamine groups is 2. The summed E-state index contributed by atoms with van der Waals surface area (Å²) in [6.07, 6.45) is 0. The molecule has 2 heterocycles. The van der Waals surface area contributed by atoms with Gasteiger partial charge < -0.3 is 4.74 Å². The molecule has 4 nitrogen and oxygen atoms in total. The lowest BCUT2D eigenvalue weighted by molar-refractivity contribution is -0.165. The third kappa shape index (κ3) is 2.69. The van der Waals surface area contributed by atoms with Gasteiger partial charge in [-0.15, -0.1) is 0 Å². The normalized spacial score (nSPS) is 22.3. The van der Waals surface area contributed by atoms with Crippen molar-refractivity contribution in [1.82, 2.24) is 5.06 Å². The zero-order chi connectivity index (χ0) is 15.4. The summed E-state index contributed by atoms with van der Waals surface area (Å²) >= 11 is 6.39. The van der Waals surface area contributed by atoms with Gasteiger partial charge in [0.15, 0.2) is 0 Å². The van der Waals surface area contributed by atoms with Gasteiger partial charge in [0.25, 0.3) is 5.91 Å². The van der Waals surface area contributed by atoms with Crippen LogP contribution in [0.25, 0.3) is 0 Å². The SMILES string of the molecule is CC1(C)CON(Cc2cc3c(cc2Cl)OC(F)(F)S3)C1=O. The molecule has 0 saturated carbocycles. The summed E-state index contributed by atoms with van der Waals surface area (Å²) in [4.78, 5) is 17.7. The molecular formula is C13H12ClF2NO3S. The van der Waals surface area contributed by atoms with E-state index in [1.165, 1.54) is 17.2 Å². The quantitative estimate of drug-likeness (QED) is 0.826. The fraction of sp³-hybridized carbons (Fsp3) is 0.462. The smallest absolute Gasteiger partial charge is 0.423 e. The second-order valence-corrected chi connectivity index (χ2v) is 7.08. The summed E-state index contributed by atoms with van der Waals surface area (Å²) in [5, 5.41) is 1.47. The maximum Gasteiger partial charge on any atom is 0.457 e. The summed E-state index contributed by atoms with van der Waals surface area (Å²) < 4.78 is 30.8. The van der Waals surface area contributed by atoms with Crippen molar-refractivity contribution in [2.24, 2.45) is 5.41 Å². The highest BCUT2D eigenvalue weighted by atomic mass is 35.5. The third-order valence-corrected chi connectivity index (χ3v) is 4.48. The van der Waals surface area contributed by atoms with Crippen LogP contribution in [-0.2, 0) is 16.2 Å². The molecule has 0 aliphatic carbocycles. The van der Waals surface area contributed by atoms with E-state index in [2.05, 4.69) is 4.74 Å². The summed E-state index contributed by atoms with van der Waals surface area (Å²) in [5.41, 5.74) is -3.34. The molecule has 1 amide bonds. The molecule has 0 unspecified atom stereocenters. The Labute approximate surface area is 129 Å². The molecule has 0 spiro atoms. The summed E-state index contributed by atoms with van der Waals surface area (Å²) in [5.74, 6) is -0.110. The highest BCUT2D eigenvalue weighted by Crippen LogP contribution is 2.50. The summed E-state index contributed by atoms with van der Waals surface area (Å²) in [7, 11) is 0. The van der Waals surface area contributed by atoms with E-state index in [9.17, 15) is 13.6 Å². The molecule has 21 heavy (non-hydrogen) atoms. The predicted molar refractivity (Wildman–Crippen MR) is 73.2 cm³/mol. The number of nitrogens with zero attached hydrogens (tertiary/aromatic N) is 1. The van der Waals surface area contributed by atoms with Gasteiger partial charge in [0, 0.05) is 11.1 Å². The molecule has 0 bridgehead atoms. The van der Waals surface area contributed by atoms with Crippen molar-refractivity contribution in [3.05, 3.63) is 22.7 Å². The van der Waals surface area contributed by atoms with Crippen molar-refractivity contribution in [2.75, 3.05) is 6.61 Å². The van der Waals surface area contributed by atoms with Crippen molar-refractivity contribution >= 4 is 29.3 Å². The monoisotopic (exact) mass is 335 g/mol. The molecule has 8 heteroatoms. The fourth-order valence-electron chi connectivity index (χ4n) is 2.10. The number of amides is 1. The maximum absolute atomic E-state index is 13.2. The second kappa shape index (κ2) is 4.72. The average Bonchev–Trinajstić information content (AvgIpc) is 2.78. The Morgan fingerprint density at radius 1 is 1.43 bits per heavy atom. The minimum atomic E-state index is -3.29. The zero-order valence-electron chi connectivity index (χ0n) is 11.3. The van der Waals surface area contributed by atoms with Gasteiger partial charge in [0.2, 0.25) is 0 Å². The number of hydrogen-bond acceptors (Lipinski definition) is 4. The van der Waals surface area contributed by atoms with Crippen LogP contribution in [-0.4, -0.2) is 23.0 Å². The van der Waals surface area contributed by atoms with E-state index in [0.717, 1.165) is 0 Å². The molecule has 2 aliphatic heterocycles. The summed E-state index contributed by atoms with van der Waals surface area (Å²) in [6, 6.07) is 2.84. The van der Waals surface area contributed by atoms with Crippen molar-refractivity contribution in [1.29, 1.82) is 0 Å². The Kier molecular flexibility index (Phi) is 3.35.